The lowest BCUT2D eigenvalue weighted by atomic mass is 9.96. The Morgan fingerprint density at radius 3 is 2.68 bits per heavy atom. The van der Waals surface area contributed by atoms with Gasteiger partial charge in [-0.05, 0) is 49.4 Å². The monoisotopic (exact) mass is 261 g/mol. The quantitative estimate of drug-likeness (QED) is 0.817. The van der Waals surface area contributed by atoms with E-state index in [9.17, 15) is 4.79 Å². The van der Waals surface area contributed by atoms with Crippen LogP contribution >= 0.6 is 0 Å². The summed E-state index contributed by atoms with van der Waals surface area (Å²) < 4.78 is 0. The Bertz CT molecular complexity index is 451. The number of nitrogens with zero attached hydrogens (tertiary/aromatic N) is 1. The molecule has 0 aliphatic carbocycles. The number of piperidine rings is 1. The molecule has 3 N–H and O–H groups in total. The van der Waals surface area contributed by atoms with Crippen molar-refractivity contribution in [3.63, 3.8) is 0 Å². The average Bonchev–Trinajstić information content (AvgIpc) is 2.37. The second kappa shape index (κ2) is 5.95. The van der Waals surface area contributed by atoms with E-state index >= 15 is 0 Å². The van der Waals surface area contributed by atoms with Crippen LogP contribution in [0.3, 0.4) is 0 Å². The highest BCUT2D eigenvalue weighted by molar-refractivity contribution is 5.72. The first-order valence-corrected chi connectivity index (χ1v) is 6.92. The number of benzene rings is 1. The predicted octanol–water partition coefficient (Wildman–Crippen LogP) is 1.93. The third-order valence-corrected chi connectivity index (χ3v) is 3.82. The summed E-state index contributed by atoms with van der Waals surface area (Å²) in [5.41, 5.74) is 9.13. The van der Waals surface area contributed by atoms with Crippen molar-refractivity contribution < 1.29 is 4.79 Å². The van der Waals surface area contributed by atoms with Crippen molar-refractivity contribution in [1.82, 2.24) is 5.32 Å². The van der Waals surface area contributed by atoms with Crippen LogP contribution in [0.4, 0.5) is 11.4 Å². The number of nitrogen functional groups attached to an aromatic ring is 1. The number of nitrogens with two attached hydrogens (primary N) is 1. The number of carbonyl (C=O) groups is 1. The van der Waals surface area contributed by atoms with Gasteiger partial charge >= 0.3 is 0 Å². The van der Waals surface area contributed by atoms with Gasteiger partial charge in [-0.25, -0.2) is 0 Å². The van der Waals surface area contributed by atoms with Crippen molar-refractivity contribution in [2.24, 2.45) is 5.92 Å². The molecule has 1 heterocycles. The summed E-state index contributed by atoms with van der Waals surface area (Å²) in [6.45, 7) is 6.59. The molecule has 0 aromatic heterocycles. The van der Waals surface area contributed by atoms with Crippen molar-refractivity contribution in [3.05, 3.63) is 23.8 Å². The maximum atomic E-state index is 10.9. The molecule has 1 aliphatic rings. The molecule has 1 aromatic carbocycles. The van der Waals surface area contributed by atoms with Gasteiger partial charge in [0.1, 0.15) is 0 Å². The Balaban J connectivity index is 1.90. The minimum absolute atomic E-state index is 0.0665. The SMILES string of the molecule is CC(=O)NCC1CCN(c2ccc(N)cc2C)CC1. The van der Waals surface area contributed by atoms with Gasteiger partial charge in [0.05, 0.1) is 0 Å². The zero-order chi connectivity index (χ0) is 13.8. The second-order valence-electron chi connectivity index (χ2n) is 5.41. The van der Waals surface area contributed by atoms with Crippen LogP contribution in [0.2, 0.25) is 0 Å². The average molecular weight is 261 g/mol. The fourth-order valence-electron chi connectivity index (χ4n) is 2.70. The number of amides is 1. The number of aryl methyl sites for hydroxylation is 1. The lowest BCUT2D eigenvalue weighted by Crippen LogP contribution is -2.38. The lowest BCUT2D eigenvalue weighted by Gasteiger charge is -2.34. The molecular formula is C15H23N3O. The van der Waals surface area contributed by atoms with Crippen molar-refractivity contribution in [1.29, 1.82) is 0 Å². The van der Waals surface area contributed by atoms with E-state index in [1.54, 1.807) is 6.92 Å². The number of nitrogens with one attached hydrogen (secondary N) is 1. The van der Waals surface area contributed by atoms with Crippen LogP contribution in [0.25, 0.3) is 0 Å². The normalized spacial score (nSPS) is 16.4. The highest BCUT2D eigenvalue weighted by atomic mass is 16.1. The Morgan fingerprint density at radius 1 is 1.42 bits per heavy atom. The first-order chi connectivity index (χ1) is 9.06. The topological polar surface area (TPSA) is 58.4 Å². The smallest absolute Gasteiger partial charge is 0.216 e. The first-order valence-electron chi connectivity index (χ1n) is 6.92. The molecule has 0 atom stereocenters. The molecule has 104 valence electrons. The molecule has 0 spiro atoms. The van der Waals surface area contributed by atoms with Crippen LogP contribution in [-0.2, 0) is 4.79 Å². The van der Waals surface area contributed by atoms with E-state index in [2.05, 4.69) is 23.2 Å². The zero-order valence-corrected chi connectivity index (χ0v) is 11.8. The molecule has 0 unspecified atom stereocenters. The van der Waals surface area contributed by atoms with Crippen molar-refractivity contribution >= 4 is 17.3 Å². The van der Waals surface area contributed by atoms with E-state index in [-0.39, 0.29) is 5.91 Å². The molecule has 0 bridgehead atoms. The van der Waals surface area contributed by atoms with Gasteiger partial charge in [-0.2, -0.15) is 0 Å². The summed E-state index contributed by atoms with van der Waals surface area (Å²) in [5, 5.41) is 2.91. The lowest BCUT2D eigenvalue weighted by molar-refractivity contribution is -0.119. The number of hydrogen-bond acceptors (Lipinski definition) is 3. The standard InChI is InChI=1S/C15H23N3O/c1-11-9-14(16)3-4-15(11)18-7-5-13(6-8-18)10-17-12(2)19/h3-4,9,13H,5-8,10,16H2,1-2H3,(H,17,19). The Hall–Kier alpha value is -1.71. The first kappa shape index (κ1) is 13.7. The van der Waals surface area contributed by atoms with E-state index in [4.69, 9.17) is 5.73 Å². The van der Waals surface area contributed by atoms with Gasteiger partial charge in [0.2, 0.25) is 5.91 Å². The summed E-state index contributed by atoms with van der Waals surface area (Å²) in [5.74, 6) is 0.672. The number of carbonyl (C=O) groups excluding carboxylic acids is 1. The minimum Gasteiger partial charge on any atom is -0.399 e. The van der Waals surface area contributed by atoms with Crippen molar-refractivity contribution in [2.75, 3.05) is 30.3 Å². The third-order valence-electron chi connectivity index (χ3n) is 3.82. The third kappa shape index (κ3) is 3.63. The van der Waals surface area contributed by atoms with Gasteiger partial charge in [-0.1, -0.05) is 0 Å². The van der Waals surface area contributed by atoms with Gasteiger partial charge in [-0.15, -0.1) is 0 Å². The van der Waals surface area contributed by atoms with Crippen LogP contribution in [0, 0.1) is 12.8 Å². The molecule has 1 fully saturated rings. The van der Waals surface area contributed by atoms with Gasteiger partial charge in [-0.3, -0.25) is 4.79 Å². The number of hydrogen-bond donors (Lipinski definition) is 2. The van der Waals surface area contributed by atoms with Crippen LogP contribution in [0.15, 0.2) is 18.2 Å². The molecule has 1 amide bonds. The molecule has 19 heavy (non-hydrogen) atoms. The van der Waals surface area contributed by atoms with E-state index in [0.717, 1.165) is 38.2 Å². The van der Waals surface area contributed by atoms with Gasteiger partial charge < -0.3 is 16.0 Å². The Morgan fingerprint density at radius 2 is 2.11 bits per heavy atom. The molecular weight excluding hydrogens is 238 g/mol. The van der Waals surface area contributed by atoms with Crippen LogP contribution < -0.4 is 16.0 Å². The van der Waals surface area contributed by atoms with Crippen molar-refractivity contribution in [2.45, 2.75) is 26.7 Å². The van der Waals surface area contributed by atoms with Crippen LogP contribution in [0.5, 0.6) is 0 Å². The van der Waals surface area contributed by atoms with E-state index < -0.39 is 0 Å². The molecule has 1 aliphatic heterocycles. The summed E-state index contributed by atoms with van der Waals surface area (Å²) in [6, 6.07) is 6.10. The van der Waals surface area contributed by atoms with E-state index in [1.807, 2.05) is 12.1 Å². The zero-order valence-electron chi connectivity index (χ0n) is 11.8. The van der Waals surface area contributed by atoms with E-state index in [1.165, 1.54) is 11.3 Å². The Kier molecular flexibility index (Phi) is 4.30. The van der Waals surface area contributed by atoms with Gasteiger partial charge in [0.25, 0.3) is 0 Å². The summed E-state index contributed by atoms with van der Waals surface area (Å²) in [6.07, 6.45) is 2.26. The maximum Gasteiger partial charge on any atom is 0.216 e. The van der Waals surface area contributed by atoms with E-state index in [0.29, 0.717) is 5.92 Å². The van der Waals surface area contributed by atoms with Gasteiger partial charge in [0, 0.05) is 37.9 Å². The summed E-state index contributed by atoms with van der Waals surface area (Å²) in [7, 11) is 0. The largest absolute Gasteiger partial charge is 0.399 e. The van der Waals surface area contributed by atoms with Crippen LogP contribution in [-0.4, -0.2) is 25.5 Å². The van der Waals surface area contributed by atoms with Gasteiger partial charge in [0.15, 0.2) is 0 Å². The second-order valence-corrected chi connectivity index (χ2v) is 5.41. The molecule has 1 aromatic rings. The molecule has 4 heteroatoms. The summed E-state index contributed by atoms with van der Waals surface area (Å²) in [4.78, 5) is 13.3. The highest BCUT2D eigenvalue weighted by Crippen LogP contribution is 2.27. The molecule has 0 radical (unpaired) electrons. The summed E-state index contributed by atoms with van der Waals surface area (Å²) >= 11 is 0. The Labute approximate surface area is 115 Å². The fraction of sp³-hybridized carbons (Fsp3) is 0.533. The number of rotatable bonds is 3. The number of anilines is 2. The predicted molar refractivity (Wildman–Crippen MR) is 79.2 cm³/mol. The maximum absolute atomic E-state index is 10.9. The molecule has 4 nitrogen and oxygen atoms in total. The molecule has 1 saturated heterocycles. The van der Waals surface area contributed by atoms with Crippen LogP contribution in [0.1, 0.15) is 25.3 Å². The highest BCUT2D eigenvalue weighted by Gasteiger charge is 2.20. The molecule has 2 rings (SSSR count). The molecule has 0 saturated carbocycles. The fourth-order valence-corrected chi connectivity index (χ4v) is 2.70. The minimum atomic E-state index is 0.0665. The van der Waals surface area contributed by atoms with Crippen molar-refractivity contribution in [3.8, 4) is 0 Å².